The number of nitrogens with one attached hydrogen (secondary N) is 2. The van der Waals surface area contributed by atoms with E-state index < -0.39 is 0 Å². The van der Waals surface area contributed by atoms with E-state index in [4.69, 9.17) is 21.1 Å². The lowest BCUT2D eigenvalue weighted by molar-refractivity contribution is 0.310. The number of imidazole rings is 1. The van der Waals surface area contributed by atoms with Crippen LogP contribution < -0.4 is 14.8 Å². The van der Waals surface area contributed by atoms with Crippen molar-refractivity contribution in [2.75, 3.05) is 13.7 Å². The topological polar surface area (TPSA) is 59.2 Å². The van der Waals surface area contributed by atoms with Gasteiger partial charge in [-0.3, -0.25) is 0 Å². The number of para-hydroxylation sites is 2. The third-order valence-corrected chi connectivity index (χ3v) is 4.03. The molecule has 0 fully saturated rings. The first kappa shape index (κ1) is 16.6. The lowest BCUT2D eigenvalue weighted by Crippen LogP contribution is -2.14. The van der Waals surface area contributed by atoms with Gasteiger partial charge < -0.3 is 19.8 Å². The minimum Gasteiger partial charge on any atom is -0.493 e. The van der Waals surface area contributed by atoms with E-state index in [1.54, 1.807) is 13.2 Å². The lowest BCUT2D eigenvalue weighted by Gasteiger charge is -2.13. The fourth-order valence-electron chi connectivity index (χ4n) is 2.55. The Morgan fingerprint density at radius 1 is 1.17 bits per heavy atom. The van der Waals surface area contributed by atoms with E-state index in [1.165, 1.54) is 0 Å². The molecule has 0 saturated carbocycles. The Morgan fingerprint density at radius 2 is 2.00 bits per heavy atom. The molecule has 2 aromatic carbocycles. The van der Waals surface area contributed by atoms with Gasteiger partial charge in [-0.2, -0.15) is 0 Å². The molecular formula is C18H20ClN3O2. The number of fused-ring (bicyclic) bond motifs is 1. The molecule has 1 heterocycles. The molecule has 0 unspecified atom stereocenters. The molecule has 126 valence electrons. The maximum atomic E-state index is 6.34. The quantitative estimate of drug-likeness (QED) is 0.681. The van der Waals surface area contributed by atoms with Crippen LogP contribution in [-0.2, 0) is 13.1 Å². The third kappa shape index (κ3) is 3.63. The van der Waals surface area contributed by atoms with E-state index in [0.717, 1.165) is 22.4 Å². The predicted molar refractivity (Wildman–Crippen MR) is 95.8 cm³/mol. The average molecular weight is 346 g/mol. The van der Waals surface area contributed by atoms with Crippen LogP contribution in [-0.4, -0.2) is 23.7 Å². The molecule has 2 N–H and O–H groups in total. The molecule has 1 aromatic heterocycles. The summed E-state index contributed by atoms with van der Waals surface area (Å²) in [4.78, 5) is 7.84. The highest BCUT2D eigenvalue weighted by Gasteiger charge is 2.10. The largest absolute Gasteiger partial charge is 0.493 e. The second kappa shape index (κ2) is 7.55. The number of benzene rings is 2. The van der Waals surface area contributed by atoms with Crippen LogP contribution in [0, 0.1) is 0 Å². The van der Waals surface area contributed by atoms with Gasteiger partial charge in [0.1, 0.15) is 5.82 Å². The first-order valence-electron chi connectivity index (χ1n) is 7.84. The van der Waals surface area contributed by atoms with Crippen molar-refractivity contribution >= 4 is 22.6 Å². The van der Waals surface area contributed by atoms with Gasteiger partial charge in [-0.05, 0) is 30.7 Å². The van der Waals surface area contributed by atoms with Crippen molar-refractivity contribution in [2.24, 2.45) is 0 Å². The number of rotatable bonds is 7. The summed E-state index contributed by atoms with van der Waals surface area (Å²) in [6, 6.07) is 11.7. The van der Waals surface area contributed by atoms with Crippen LogP contribution in [0.25, 0.3) is 11.0 Å². The van der Waals surface area contributed by atoms with Gasteiger partial charge in [-0.15, -0.1) is 0 Å². The molecular weight excluding hydrogens is 326 g/mol. The van der Waals surface area contributed by atoms with Gasteiger partial charge in [-0.1, -0.05) is 23.7 Å². The number of nitrogens with zero attached hydrogens (tertiary/aromatic N) is 1. The zero-order valence-electron chi connectivity index (χ0n) is 13.7. The van der Waals surface area contributed by atoms with Crippen molar-refractivity contribution < 1.29 is 9.47 Å². The van der Waals surface area contributed by atoms with E-state index >= 15 is 0 Å². The summed E-state index contributed by atoms with van der Waals surface area (Å²) < 4.78 is 10.9. The standard InChI is InChI=1S/C18H20ClN3O2/c1-3-24-17-9-13(19)12(8-16(17)23-2)10-20-11-18-21-14-6-4-5-7-15(14)22-18/h4-9,20H,3,10-11H2,1-2H3,(H,21,22). The summed E-state index contributed by atoms with van der Waals surface area (Å²) in [6.07, 6.45) is 0. The summed E-state index contributed by atoms with van der Waals surface area (Å²) >= 11 is 6.34. The molecule has 0 spiro atoms. The van der Waals surface area contributed by atoms with Crippen molar-refractivity contribution in [2.45, 2.75) is 20.0 Å². The van der Waals surface area contributed by atoms with E-state index in [2.05, 4.69) is 15.3 Å². The number of H-pyrrole nitrogens is 1. The van der Waals surface area contributed by atoms with Crippen LogP contribution >= 0.6 is 11.6 Å². The van der Waals surface area contributed by atoms with Crippen molar-refractivity contribution in [1.82, 2.24) is 15.3 Å². The summed E-state index contributed by atoms with van der Waals surface area (Å²) in [5.41, 5.74) is 2.96. The number of ether oxygens (including phenoxy) is 2. The van der Waals surface area contributed by atoms with Crippen LogP contribution in [0.2, 0.25) is 5.02 Å². The van der Waals surface area contributed by atoms with Gasteiger partial charge in [-0.25, -0.2) is 4.98 Å². The van der Waals surface area contributed by atoms with Crippen molar-refractivity contribution in [3.8, 4) is 11.5 Å². The van der Waals surface area contributed by atoms with Crippen molar-refractivity contribution in [3.63, 3.8) is 0 Å². The van der Waals surface area contributed by atoms with Crippen LogP contribution in [0.3, 0.4) is 0 Å². The molecule has 0 bridgehead atoms. The molecule has 0 saturated heterocycles. The fraction of sp³-hybridized carbons (Fsp3) is 0.278. The van der Waals surface area contributed by atoms with E-state index in [-0.39, 0.29) is 0 Å². The normalized spacial score (nSPS) is 11.0. The Labute approximate surface area is 146 Å². The molecule has 3 aromatic rings. The van der Waals surface area contributed by atoms with E-state index in [0.29, 0.717) is 36.2 Å². The zero-order valence-corrected chi connectivity index (χ0v) is 14.5. The lowest BCUT2D eigenvalue weighted by atomic mass is 10.2. The number of aromatic nitrogens is 2. The maximum absolute atomic E-state index is 6.34. The summed E-state index contributed by atoms with van der Waals surface area (Å²) in [7, 11) is 1.62. The second-order valence-electron chi connectivity index (χ2n) is 5.33. The van der Waals surface area contributed by atoms with Crippen LogP contribution in [0.1, 0.15) is 18.3 Å². The van der Waals surface area contributed by atoms with Crippen molar-refractivity contribution in [1.29, 1.82) is 0 Å². The molecule has 0 aliphatic rings. The van der Waals surface area contributed by atoms with Crippen LogP contribution in [0.5, 0.6) is 11.5 Å². The minimum atomic E-state index is 0.566. The first-order chi connectivity index (χ1) is 11.7. The molecule has 6 heteroatoms. The Bertz CT molecular complexity index is 799. The Hall–Kier alpha value is -2.24. The van der Waals surface area contributed by atoms with Gasteiger partial charge in [0.2, 0.25) is 0 Å². The number of hydrogen-bond acceptors (Lipinski definition) is 4. The first-order valence-corrected chi connectivity index (χ1v) is 8.22. The SMILES string of the molecule is CCOc1cc(Cl)c(CNCc2nc3ccccc3[nH]2)cc1OC. The van der Waals surface area contributed by atoms with Crippen LogP contribution in [0.4, 0.5) is 0 Å². The number of halogens is 1. The van der Waals surface area contributed by atoms with Gasteiger partial charge in [0, 0.05) is 17.6 Å². The van der Waals surface area contributed by atoms with Gasteiger partial charge in [0.05, 0.1) is 31.3 Å². The van der Waals surface area contributed by atoms with E-state index in [1.807, 2.05) is 37.3 Å². The van der Waals surface area contributed by atoms with Crippen LogP contribution in [0.15, 0.2) is 36.4 Å². The predicted octanol–water partition coefficient (Wildman–Crippen LogP) is 3.91. The highest BCUT2D eigenvalue weighted by Crippen LogP contribution is 2.33. The third-order valence-electron chi connectivity index (χ3n) is 3.68. The Morgan fingerprint density at radius 3 is 2.75 bits per heavy atom. The molecule has 24 heavy (non-hydrogen) atoms. The minimum absolute atomic E-state index is 0.566. The van der Waals surface area contributed by atoms with Gasteiger partial charge in [0.25, 0.3) is 0 Å². The Balaban J connectivity index is 1.67. The molecule has 0 amide bonds. The highest BCUT2D eigenvalue weighted by molar-refractivity contribution is 6.31. The Kier molecular flexibility index (Phi) is 5.23. The number of methoxy groups -OCH3 is 1. The van der Waals surface area contributed by atoms with E-state index in [9.17, 15) is 0 Å². The van der Waals surface area contributed by atoms with Gasteiger partial charge in [0.15, 0.2) is 11.5 Å². The average Bonchev–Trinajstić information content (AvgIpc) is 2.99. The molecule has 0 aliphatic heterocycles. The zero-order chi connectivity index (χ0) is 16.9. The number of hydrogen-bond donors (Lipinski definition) is 2. The molecule has 5 nitrogen and oxygen atoms in total. The maximum Gasteiger partial charge on any atom is 0.162 e. The highest BCUT2D eigenvalue weighted by atomic mass is 35.5. The smallest absolute Gasteiger partial charge is 0.162 e. The fourth-order valence-corrected chi connectivity index (χ4v) is 2.77. The summed E-state index contributed by atoms with van der Waals surface area (Å²) in [6.45, 7) is 3.73. The molecule has 0 atom stereocenters. The molecule has 0 radical (unpaired) electrons. The molecule has 3 rings (SSSR count). The summed E-state index contributed by atoms with van der Waals surface area (Å²) in [5.74, 6) is 2.23. The number of aromatic amines is 1. The summed E-state index contributed by atoms with van der Waals surface area (Å²) in [5, 5.41) is 4.00. The molecule has 0 aliphatic carbocycles. The van der Waals surface area contributed by atoms with Crippen molar-refractivity contribution in [3.05, 3.63) is 52.8 Å². The van der Waals surface area contributed by atoms with Gasteiger partial charge >= 0.3 is 0 Å². The monoisotopic (exact) mass is 345 g/mol. The second-order valence-corrected chi connectivity index (χ2v) is 5.74.